The third-order valence-electron chi connectivity index (χ3n) is 4.42. The molecule has 4 rings (SSSR count). The normalized spacial score (nSPS) is 10.8. The fraction of sp³-hybridized carbons (Fsp3) is 0.0909. The molecule has 2 aromatic heterocycles. The number of hydrogen-bond acceptors (Lipinski definition) is 5. The van der Waals surface area contributed by atoms with Crippen molar-refractivity contribution in [1.82, 2.24) is 14.8 Å². The van der Waals surface area contributed by atoms with E-state index in [1.165, 1.54) is 28.2 Å². The zero-order valence-corrected chi connectivity index (χ0v) is 18.4. The minimum absolute atomic E-state index is 0.130. The Morgan fingerprint density at radius 2 is 1.87 bits per heavy atom. The molecule has 156 valence electrons. The molecule has 0 radical (unpaired) electrons. The van der Waals surface area contributed by atoms with Gasteiger partial charge in [0.15, 0.2) is 5.13 Å². The van der Waals surface area contributed by atoms with E-state index in [1.807, 2.05) is 36.4 Å². The summed E-state index contributed by atoms with van der Waals surface area (Å²) in [7, 11) is 0. The van der Waals surface area contributed by atoms with Gasteiger partial charge in [-0.3, -0.25) is 14.9 Å². The summed E-state index contributed by atoms with van der Waals surface area (Å²) < 4.78 is 1.26. The SMILES string of the molecule is O=C(Nc1ncc(Cc2cc(Cl)ccc2Cl)s1)c1ccc(=O)n(Cc2ccccc2)n1. The number of anilines is 1. The van der Waals surface area contributed by atoms with Crippen LogP contribution < -0.4 is 10.9 Å². The third-order valence-corrected chi connectivity index (χ3v) is 5.94. The predicted molar refractivity (Wildman–Crippen MR) is 123 cm³/mol. The van der Waals surface area contributed by atoms with Gasteiger partial charge in [0.1, 0.15) is 5.69 Å². The summed E-state index contributed by atoms with van der Waals surface area (Å²) >= 11 is 13.6. The molecule has 9 heteroatoms. The highest BCUT2D eigenvalue weighted by Gasteiger charge is 2.13. The van der Waals surface area contributed by atoms with Gasteiger partial charge in [0.2, 0.25) is 0 Å². The number of nitrogens with zero attached hydrogens (tertiary/aromatic N) is 3. The standard InChI is InChI=1S/C22H16Cl2N4O2S/c23-16-6-7-18(24)15(10-16)11-17-12-25-22(31-17)26-21(30)19-8-9-20(29)28(27-19)13-14-4-2-1-3-5-14/h1-10,12H,11,13H2,(H,25,26,30). The van der Waals surface area contributed by atoms with Crippen LogP contribution in [0.2, 0.25) is 10.0 Å². The van der Waals surface area contributed by atoms with Crippen molar-refractivity contribution >= 4 is 45.6 Å². The van der Waals surface area contributed by atoms with Crippen LogP contribution in [0.5, 0.6) is 0 Å². The summed E-state index contributed by atoms with van der Waals surface area (Å²) in [5, 5.41) is 8.58. The maximum Gasteiger partial charge on any atom is 0.277 e. The maximum absolute atomic E-state index is 12.6. The molecule has 0 saturated heterocycles. The predicted octanol–water partition coefficient (Wildman–Crippen LogP) is 4.90. The van der Waals surface area contributed by atoms with E-state index < -0.39 is 5.91 Å². The molecular weight excluding hydrogens is 455 g/mol. The molecule has 31 heavy (non-hydrogen) atoms. The van der Waals surface area contributed by atoms with E-state index in [1.54, 1.807) is 18.3 Å². The molecule has 0 aliphatic heterocycles. The van der Waals surface area contributed by atoms with Crippen molar-refractivity contribution in [2.75, 3.05) is 5.32 Å². The van der Waals surface area contributed by atoms with Crippen molar-refractivity contribution in [3.63, 3.8) is 0 Å². The van der Waals surface area contributed by atoms with Gasteiger partial charge in [-0.2, -0.15) is 5.10 Å². The zero-order chi connectivity index (χ0) is 21.8. The molecule has 1 N–H and O–H groups in total. The molecule has 0 saturated carbocycles. The van der Waals surface area contributed by atoms with Gasteiger partial charge >= 0.3 is 0 Å². The van der Waals surface area contributed by atoms with Crippen molar-refractivity contribution < 1.29 is 4.79 Å². The smallest absolute Gasteiger partial charge is 0.277 e. The van der Waals surface area contributed by atoms with Gasteiger partial charge in [0.25, 0.3) is 11.5 Å². The lowest BCUT2D eigenvalue weighted by molar-refractivity contribution is 0.102. The minimum atomic E-state index is -0.441. The molecule has 1 amide bonds. The summed E-state index contributed by atoms with van der Waals surface area (Å²) in [6, 6.07) is 17.5. The number of benzene rings is 2. The van der Waals surface area contributed by atoms with Crippen LogP contribution in [0.4, 0.5) is 5.13 Å². The van der Waals surface area contributed by atoms with Crippen molar-refractivity contribution in [2.24, 2.45) is 0 Å². The number of thiazole rings is 1. The second kappa shape index (κ2) is 9.43. The van der Waals surface area contributed by atoms with Crippen LogP contribution in [0.3, 0.4) is 0 Å². The van der Waals surface area contributed by atoms with Crippen LogP contribution in [0.25, 0.3) is 0 Å². The fourth-order valence-corrected chi connectivity index (χ4v) is 4.12. The number of nitrogens with one attached hydrogen (secondary N) is 1. The first-order chi connectivity index (χ1) is 15.0. The van der Waals surface area contributed by atoms with Crippen LogP contribution in [0.15, 0.2) is 71.7 Å². The lowest BCUT2D eigenvalue weighted by Crippen LogP contribution is -2.26. The highest BCUT2D eigenvalue weighted by Crippen LogP contribution is 2.27. The Morgan fingerprint density at radius 1 is 1.06 bits per heavy atom. The Bertz CT molecular complexity index is 1290. The first kappa shape index (κ1) is 21.2. The molecule has 0 atom stereocenters. The Morgan fingerprint density at radius 3 is 2.68 bits per heavy atom. The van der Waals surface area contributed by atoms with E-state index in [4.69, 9.17) is 23.2 Å². The number of amides is 1. The summed E-state index contributed by atoms with van der Waals surface area (Å²) in [5.74, 6) is -0.441. The number of aromatic nitrogens is 3. The monoisotopic (exact) mass is 470 g/mol. The van der Waals surface area contributed by atoms with Crippen LogP contribution >= 0.6 is 34.5 Å². The molecule has 0 fully saturated rings. The molecule has 0 unspecified atom stereocenters. The van der Waals surface area contributed by atoms with Gasteiger partial charge in [0.05, 0.1) is 6.54 Å². The van der Waals surface area contributed by atoms with Gasteiger partial charge in [-0.15, -0.1) is 11.3 Å². The van der Waals surface area contributed by atoms with Crippen molar-refractivity contribution in [2.45, 2.75) is 13.0 Å². The Kier molecular flexibility index (Phi) is 6.46. The van der Waals surface area contributed by atoms with Gasteiger partial charge in [-0.1, -0.05) is 53.5 Å². The second-order valence-electron chi connectivity index (χ2n) is 6.70. The van der Waals surface area contributed by atoms with Gasteiger partial charge < -0.3 is 0 Å². The number of hydrogen-bond donors (Lipinski definition) is 1. The summed E-state index contributed by atoms with van der Waals surface area (Å²) in [4.78, 5) is 29.9. The lowest BCUT2D eigenvalue weighted by Gasteiger charge is -2.07. The van der Waals surface area contributed by atoms with Gasteiger partial charge in [-0.25, -0.2) is 9.67 Å². The fourth-order valence-electron chi connectivity index (χ4n) is 2.91. The van der Waals surface area contributed by atoms with Gasteiger partial charge in [-0.05, 0) is 35.4 Å². The topological polar surface area (TPSA) is 76.9 Å². The molecular formula is C22H16Cl2N4O2S. The maximum atomic E-state index is 12.6. The van der Waals surface area contributed by atoms with Crippen molar-refractivity contribution in [3.8, 4) is 0 Å². The van der Waals surface area contributed by atoms with Crippen molar-refractivity contribution in [3.05, 3.63) is 109 Å². The third kappa shape index (κ3) is 5.38. The highest BCUT2D eigenvalue weighted by molar-refractivity contribution is 7.15. The Labute approximate surface area is 192 Å². The average Bonchev–Trinajstić information content (AvgIpc) is 3.19. The van der Waals surface area contributed by atoms with Gasteiger partial charge in [0, 0.05) is 33.6 Å². The molecule has 0 aliphatic rings. The number of carbonyl (C=O) groups excluding carboxylic acids is 1. The Hall–Kier alpha value is -3.00. The van der Waals surface area contributed by atoms with E-state index in [2.05, 4.69) is 15.4 Å². The number of rotatable bonds is 6. The van der Waals surface area contributed by atoms with Crippen LogP contribution in [-0.4, -0.2) is 20.7 Å². The van der Waals surface area contributed by atoms with E-state index >= 15 is 0 Å². The van der Waals surface area contributed by atoms with E-state index in [0.29, 0.717) is 21.6 Å². The average molecular weight is 471 g/mol. The van der Waals surface area contributed by atoms with E-state index in [9.17, 15) is 9.59 Å². The first-order valence-corrected chi connectivity index (χ1v) is 10.9. The van der Waals surface area contributed by atoms with Crippen LogP contribution in [0.1, 0.15) is 26.5 Å². The molecule has 2 heterocycles. The number of carbonyl (C=O) groups is 1. The molecule has 0 aliphatic carbocycles. The first-order valence-electron chi connectivity index (χ1n) is 9.30. The molecule has 0 spiro atoms. The second-order valence-corrected chi connectivity index (χ2v) is 8.66. The largest absolute Gasteiger partial charge is 0.296 e. The molecule has 6 nitrogen and oxygen atoms in total. The molecule has 2 aromatic carbocycles. The van der Waals surface area contributed by atoms with E-state index in [-0.39, 0.29) is 17.8 Å². The summed E-state index contributed by atoms with van der Waals surface area (Å²) in [6.45, 7) is 0.280. The number of halogens is 2. The zero-order valence-electron chi connectivity index (χ0n) is 16.1. The molecule has 4 aromatic rings. The summed E-state index contributed by atoms with van der Waals surface area (Å²) in [6.07, 6.45) is 2.23. The molecule has 0 bridgehead atoms. The highest BCUT2D eigenvalue weighted by atomic mass is 35.5. The van der Waals surface area contributed by atoms with E-state index in [0.717, 1.165) is 16.0 Å². The Balaban J connectivity index is 1.47. The van der Waals surface area contributed by atoms with Crippen LogP contribution in [-0.2, 0) is 13.0 Å². The van der Waals surface area contributed by atoms with Crippen LogP contribution in [0, 0.1) is 0 Å². The summed E-state index contributed by atoms with van der Waals surface area (Å²) in [5.41, 5.74) is 1.64. The van der Waals surface area contributed by atoms with Crippen molar-refractivity contribution in [1.29, 1.82) is 0 Å². The quantitative estimate of drug-likeness (QED) is 0.434. The minimum Gasteiger partial charge on any atom is -0.296 e. The lowest BCUT2D eigenvalue weighted by atomic mass is 10.1.